The molecule has 2 amide bonds. The molecule has 5 heteroatoms. The monoisotopic (exact) mass is 284 g/mol. The van der Waals surface area contributed by atoms with E-state index in [1.54, 1.807) is 0 Å². The number of carbonyl (C=O) groups is 2. The first kappa shape index (κ1) is 16.8. The Bertz CT molecular complexity index is 348. The van der Waals surface area contributed by atoms with Crippen molar-refractivity contribution < 1.29 is 14.3 Å². The molecule has 0 aromatic carbocycles. The fourth-order valence-corrected chi connectivity index (χ4v) is 2.44. The lowest BCUT2D eigenvalue weighted by molar-refractivity contribution is -0.126. The Morgan fingerprint density at radius 1 is 1.20 bits per heavy atom. The molecule has 0 radical (unpaired) electrons. The Balaban J connectivity index is 2.45. The number of carbonyl (C=O) groups excluding carboxylic acids is 2. The molecule has 2 N–H and O–H groups in total. The molecule has 0 aliphatic heterocycles. The molecule has 0 aromatic heterocycles. The zero-order chi connectivity index (χ0) is 15.3. The van der Waals surface area contributed by atoms with Gasteiger partial charge in [0.2, 0.25) is 5.91 Å². The predicted molar refractivity (Wildman–Crippen MR) is 78.4 cm³/mol. The molecule has 0 aromatic rings. The molecule has 1 aliphatic rings. The molecule has 1 aliphatic carbocycles. The van der Waals surface area contributed by atoms with Gasteiger partial charge in [0.25, 0.3) is 0 Å². The minimum absolute atomic E-state index is 0.00825. The molecular weight excluding hydrogens is 256 g/mol. The van der Waals surface area contributed by atoms with E-state index < -0.39 is 11.7 Å². The zero-order valence-corrected chi connectivity index (χ0v) is 13.3. The van der Waals surface area contributed by atoms with E-state index in [2.05, 4.69) is 10.6 Å². The van der Waals surface area contributed by atoms with Crippen LogP contribution in [-0.2, 0) is 9.53 Å². The van der Waals surface area contributed by atoms with Crippen molar-refractivity contribution in [3.05, 3.63) is 0 Å². The molecule has 0 unspecified atom stereocenters. The molecule has 0 saturated heterocycles. The molecule has 5 nitrogen and oxygen atoms in total. The van der Waals surface area contributed by atoms with Crippen LogP contribution in [0.1, 0.15) is 60.3 Å². The van der Waals surface area contributed by atoms with Crippen LogP contribution in [0.5, 0.6) is 0 Å². The van der Waals surface area contributed by atoms with Gasteiger partial charge in [-0.15, -0.1) is 0 Å². The van der Waals surface area contributed by atoms with Crippen molar-refractivity contribution in [2.75, 3.05) is 0 Å². The highest BCUT2D eigenvalue weighted by molar-refractivity contribution is 5.79. The fraction of sp³-hybridized carbons (Fsp3) is 0.867. The number of hydrogen-bond acceptors (Lipinski definition) is 3. The van der Waals surface area contributed by atoms with E-state index in [0.717, 1.165) is 19.3 Å². The van der Waals surface area contributed by atoms with Crippen LogP contribution in [0.2, 0.25) is 0 Å². The number of alkyl carbamates (subject to hydrolysis) is 1. The minimum atomic E-state index is -0.493. The van der Waals surface area contributed by atoms with Gasteiger partial charge < -0.3 is 15.4 Å². The van der Waals surface area contributed by atoms with Crippen molar-refractivity contribution in [1.82, 2.24) is 10.6 Å². The molecular formula is C15H28N2O3. The van der Waals surface area contributed by atoms with Crippen LogP contribution in [0.4, 0.5) is 4.79 Å². The Hall–Kier alpha value is -1.26. The van der Waals surface area contributed by atoms with Gasteiger partial charge in [-0.3, -0.25) is 4.79 Å². The van der Waals surface area contributed by atoms with E-state index in [9.17, 15) is 9.59 Å². The maximum Gasteiger partial charge on any atom is 0.407 e. The average Bonchev–Trinajstić information content (AvgIpc) is 2.25. The standard InChI is InChI=1S/C15H28N2O3/c1-10(2)16-13(18)11-7-6-8-12(9-11)17-14(19)20-15(3,4)5/h10-12H,6-9H2,1-5H3,(H,16,18)(H,17,19)/t11-,12+/m0/s1. The van der Waals surface area contributed by atoms with Crippen LogP contribution < -0.4 is 10.6 Å². The van der Waals surface area contributed by atoms with E-state index in [1.807, 2.05) is 34.6 Å². The normalized spacial score (nSPS) is 23.3. The SMILES string of the molecule is CC(C)NC(=O)[C@H]1CCC[C@@H](NC(=O)OC(C)(C)C)C1. The van der Waals surface area contributed by atoms with Gasteiger partial charge in [-0.1, -0.05) is 6.42 Å². The maximum atomic E-state index is 12.0. The number of nitrogens with one attached hydrogen (secondary N) is 2. The highest BCUT2D eigenvalue weighted by atomic mass is 16.6. The van der Waals surface area contributed by atoms with E-state index in [-0.39, 0.29) is 23.9 Å². The van der Waals surface area contributed by atoms with Gasteiger partial charge in [0, 0.05) is 18.0 Å². The van der Waals surface area contributed by atoms with Gasteiger partial charge >= 0.3 is 6.09 Å². The number of hydrogen-bond donors (Lipinski definition) is 2. The Morgan fingerprint density at radius 3 is 2.40 bits per heavy atom. The highest BCUT2D eigenvalue weighted by Crippen LogP contribution is 2.25. The first-order chi connectivity index (χ1) is 9.17. The minimum Gasteiger partial charge on any atom is -0.444 e. The lowest BCUT2D eigenvalue weighted by atomic mass is 9.85. The quantitative estimate of drug-likeness (QED) is 0.837. The van der Waals surface area contributed by atoms with E-state index in [4.69, 9.17) is 4.74 Å². The van der Waals surface area contributed by atoms with Crippen molar-refractivity contribution in [3.63, 3.8) is 0 Å². The van der Waals surface area contributed by atoms with Crippen LogP contribution in [0.15, 0.2) is 0 Å². The average molecular weight is 284 g/mol. The number of rotatable bonds is 3. The summed E-state index contributed by atoms with van der Waals surface area (Å²) < 4.78 is 5.25. The van der Waals surface area contributed by atoms with Crippen molar-refractivity contribution in [1.29, 1.82) is 0 Å². The largest absolute Gasteiger partial charge is 0.444 e. The number of amides is 2. The summed E-state index contributed by atoms with van der Waals surface area (Å²) in [6.45, 7) is 9.43. The van der Waals surface area contributed by atoms with Crippen LogP contribution in [0.25, 0.3) is 0 Å². The third-order valence-corrected chi connectivity index (χ3v) is 3.20. The van der Waals surface area contributed by atoms with Gasteiger partial charge in [0.15, 0.2) is 0 Å². The van der Waals surface area contributed by atoms with Crippen molar-refractivity contribution in [2.45, 2.75) is 78.0 Å². The Kier molecular flexibility index (Phi) is 5.84. The molecule has 1 saturated carbocycles. The van der Waals surface area contributed by atoms with Gasteiger partial charge in [0.05, 0.1) is 0 Å². The summed E-state index contributed by atoms with van der Waals surface area (Å²) >= 11 is 0. The molecule has 0 spiro atoms. The van der Waals surface area contributed by atoms with Crippen LogP contribution in [-0.4, -0.2) is 29.7 Å². The zero-order valence-electron chi connectivity index (χ0n) is 13.3. The van der Waals surface area contributed by atoms with Crippen molar-refractivity contribution >= 4 is 12.0 Å². The summed E-state index contributed by atoms with van der Waals surface area (Å²) in [4.78, 5) is 23.8. The molecule has 0 bridgehead atoms. The van der Waals surface area contributed by atoms with Crippen LogP contribution >= 0.6 is 0 Å². The first-order valence-electron chi connectivity index (χ1n) is 7.47. The molecule has 1 rings (SSSR count). The fourth-order valence-electron chi connectivity index (χ4n) is 2.44. The second kappa shape index (κ2) is 6.95. The van der Waals surface area contributed by atoms with Gasteiger partial charge in [-0.05, 0) is 53.9 Å². The smallest absolute Gasteiger partial charge is 0.407 e. The summed E-state index contributed by atoms with van der Waals surface area (Å²) in [6.07, 6.45) is 3.05. The first-order valence-corrected chi connectivity index (χ1v) is 7.47. The molecule has 20 heavy (non-hydrogen) atoms. The van der Waals surface area contributed by atoms with Crippen molar-refractivity contribution in [2.24, 2.45) is 5.92 Å². The topological polar surface area (TPSA) is 67.4 Å². The Labute approximate surface area is 121 Å². The summed E-state index contributed by atoms with van der Waals surface area (Å²) in [5.41, 5.74) is -0.493. The third kappa shape index (κ3) is 6.26. The summed E-state index contributed by atoms with van der Waals surface area (Å²) in [5, 5.41) is 5.81. The molecule has 2 atom stereocenters. The lowest BCUT2D eigenvalue weighted by Crippen LogP contribution is -2.45. The van der Waals surface area contributed by atoms with E-state index >= 15 is 0 Å². The summed E-state index contributed by atoms with van der Waals surface area (Å²) in [5.74, 6) is 0.0850. The molecule has 0 heterocycles. The van der Waals surface area contributed by atoms with Gasteiger partial charge in [-0.25, -0.2) is 4.79 Å². The predicted octanol–water partition coefficient (Wildman–Crippen LogP) is 2.59. The molecule has 116 valence electrons. The van der Waals surface area contributed by atoms with Gasteiger partial charge in [-0.2, -0.15) is 0 Å². The van der Waals surface area contributed by atoms with Crippen LogP contribution in [0.3, 0.4) is 0 Å². The van der Waals surface area contributed by atoms with E-state index in [1.165, 1.54) is 0 Å². The second-order valence-electron chi connectivity index (χ2n) is 6.87. The highest BCUT2D eigenvalue weighted by Gasteiger charge is 2.29. The van der Waals surface area contributed by atoms with Crippen molar-refractivity contribution in [3.8, 4) is 0 Å². The second-order valence-corrected chi connectivity index (χ2v) is 6.87. The van der Waals surface area contributed by atoms with Crippen LogP contribution in [0, 0.1) is 5.92 Å². The maximum absolute atomic E-state index is 12.0. The lowest BCUT2D eigenvalue weighted by Gasteiger charge is -2.30. The molecule has 1 fully saturated rings. The third-order valence-electron chi connectivity index (χ3n) is 3.20. The Morgan fingerprint density at radius 2 is 1.85 bits per heavy atom. The summed E-state index contributed by atoms with van der Waals surface area (Å²) in [7, 11) is 0. The number of ether oxygens (including phenoxy) is 1. The summed E-state index contributed by atoms with van der Waals surface area (Å²) in [6, 6.07) is 0.184. The van der Waals surface area contributed by atoms with Gasteiger partial charge in [0.1, 0.15) is 5.60 Å². The van der Waals surface area contributed by atoms with E-state index in [0.29, 0.717) is 6.42 Å².